The second-order valence-corrected chi connectivity index (χ2v) is 8.58. The second-order valence-electron chi connectivity index (χ2n) is 6.23. The SMILES string of the molecule is O=C(COC(=O)c1c(F)cccc1Cl)c1ccc(S(=O)(=O)N2CCCC2)cc1. The van der Waals surface area contributed by atoms with Crippen LogP contribution in [0.5, 0.6) is 0 Å². The molecule has 1 aliphatic heterocycles. The largest absolute Gasteiger partial charge is 0.454 e. The van der Waals surface area contributed by atoms with Gasteiger partial charge in [0.2, 0.25) is 10.0 Å². The standard InChI is InChI=1S/C19H17ClFNO5S/c20-15-4-3-5-16(21)18(15)19(24)27-12-17(23)13-6-8-14(9-7-13)28(25,26)22-10-1-2-11-22/h3-9H,1-2,10-12H2. The first kappa shape index (κ1) is 20.4. The van der Waals surface area contributed by atoms with Crippen LogP contribution in [0.2, 0.25) is 5.02 Å². The van der Waals surface area contributed by atoms with E-state index in [1.54, 1.807) is 0 Å². The number of Topliss-reactive ketones (excluding diaryl/α,β-unsaturated/α-hetero) is 1. The topological polar surface area (TPSA) is 80.8 Å². The highest BCUT2D eigenvalue weighted by Gasteiger charge is 2.27. The Morgan fingerprint density at radius 1 is 1.07 bits per heavy atom. The van der Waals surface area contributed by atoms with Gasteiger partial charge in [0.05, 0.1) is 9.92 Å². The van der Waals surface area contributed by atoms with Crippen molar-refractivity contribution in [2.45, 2.75) is 17.7 Å². The van der Waals surface area contributed by atoms with Crippen LogP contribution in [-0.2, 0) is 14.8 Å². The fourth-order valence-electron chi connectivity index (χ4n) is 2.87. The van der Waals surface area contributed by atoms with Crippen LogP contribution in [0.4, 0.5) is 4.39 Å². The van der Waals surface area contributed by atoms with Crippen molar-refractivity contribution in [2.24, 2.45) is 0 Å². The lowest BCUT2D eigenvalue weighted by molar-refractivity contribution is 0.0470. The Bertz CT molecular complexity index is 981. The van der Waals surface area contributed by atoms with Gasteiger partial charge in [-0.05, 0) is 49.2 Å². The Morgan fingerprint density at radius 3 is 2.32 bits per heavy atom. The molecular weight excluding hydrogens is 409 g/mol. The maximum Gasteiger partial charge on any atom is 0.343 e. The van der Waals surface area contributed by atoms with Gasteiger partial charge in [0, 0.05) is 18.7 Å². The van der Waals surface area contributed by atoms with Crippen LogP contribution in [0.25, 0.3) is 0 Å². The average molecular weight is 426 g/mol. The zero-order valence-electron chi connectivity index (χ0n) is 14.7. The summed E-state index contributed by atoms with van der Waals surface area (Å²) in [5.41, 5.74) is -0.267. The number of carbonyl (C=O) groups is 2. The van der Waals surface area contributed by atoms with Crippen molar-refractivity contribution in [2.75, 3.05) is 19.7 Å². The van der Waals surface area contributed by atoms with Gasteiger partial charge in [0.15, 0.2) is 12.4 Å². The summed E-state index contributed by atoms with van der Waals surface area (Å²) in [6.45, 7) is 0.344. The van der Waals surface area contributed by atoms with E-state index in [0.29, 0.717) is 13.1 Å². The molecule has 0 saturated carbocycles. The number of halogens is 2. The molecule has 9 heteroatoms. The molecule has 1 aliphatic rings. The van der Waals surface area contributed by atoms with Crippen LogP contribution in [0.1, 0.15) is 33.6 Å². The van der Waals surface area contributed by atoms with Crippen LogP contribution in [0.15, 0.2) is 47.4 Å². The van der Waals surface area contributed by atoms with Crippen molar-refractivity contribution in [3.63, 3.8) is 0 Å². The van der Waals surface area contributed by atoms with E-state index in [1.807, 2.05) is 0 Å². The van der Waals surface area contributed by atoms with E-state index < -0.39 is 39.8 Å². The molecule has 0 atom stereocenters. The Hall–Kier alpha value is -2.29. The second kappa shape index (κ2) is 8.38. The summed E-state index contributed by atoms with van der Waals surface area (Å²) in [6.07, 6.45) is 1.65. The fourth-order valence-corrected chi connectivity index (χ4v) is 4.63. The first-order valence-corrected chi connectivity index (χ1v) is 10.4. The lowest BCUT2D eigenvalue weighted by Gasteiger charge is -2.15. The molecule has 3 rings (SSSR count). The summed E-state index contributed by atoms with van der Waals surface area (Å²) in [4.78, 5) is 24.3. The zero-order valence-corrected chi connectivity index (χ0v) is 16.3. The van der Waals surface area contributed by atoms with Crippen molar-refractivity contribution in [3.05, 3.63) is 64.4 Å². The number of rotatable bonds is 6. The third kappa shape index (κ3) is 4.24. The summed E-state index contributed by atoms with van der Waals surface area (Å²) in [5, 5.41) is -0.117. The summed E-state index contributed by atoms with van der Waals surface area (Å²) < 4.78 is 44.9. The highest BCUT2D eigenvalue weighted by Crippen LogP contribution is 2.22. The summed E-state index contributed by atoms with van der Waals surface area (Å²) in [5.74, 6) is -2.45. The van der Waals surface area contributed by atoms with Gasteiger partial charge in [-0.15, -0.1) is 0 Å². The third-order valence-electron chi connectivity index (χ3n) is 4.38. The van der Waals surface area contributed by atoms with Gasteiger partial charge < -0.3 is 4.74 Å². The van der Waals surface area contributed by atoms with E-state index in [2.05, 4.69) is 0 Å². The summed E-state index contributed by atoms with van der Waals surface area (Å²) >= 11 is 5.78. The minimum absolute atomic E-state index is 0.0982. The number of esters is 1. The minimum atomic E-state index is -3.57. The van der Waals surface area contributed by atoms with Gasteiger partial charge in [0.25, 0.3) is 0 Å². The predicted molar refractivity (Wildman–Crippen MR) is 100 cm³/mol. The van der Waals surface area contributed by atoms with Crippen molar-refractivity contribution >= 4 is 33.4 Å². The molecule has 2 aromatic carbocycles. The molecule has 1 fully saturated rings. The Morgan fingerprint density at radius 2 is 1.71 bits per heavy atom. The number of nitrogens with zero attached hydrogens (tertiary/aromatic N) is 1. The van der Waals surface area contributed by atoms with Crippen molar-refractivity contribution in [1.82, 2.24) is 4.31 Å². The smallest absolute Gasteiger partial charge is 0.343 e. The monoisotopic (exact) mass is 425 g/mol. The molecular formula is C19H17ClFNO5S. The van der Waals surface area contributed by atoms with E-state index in [9.17, 15) is 22.4 Å². The minimum Gasteiger partial charge on any atom is -0.454 e. The first-order valence-electron chi connectivity index (χ1n) is 8.55. The Labute approximate surface area is 166 Å². The van der Waals surface area contributed by atoms with Gasteiger partial charge in [-0.25, -0.2) is 17.6 Å². The molecule has 0 N–H and O–H groups in total. The first-order chi connectivity index (χ1) is 13.3. The van der Waals surface area contributed by atoms with Gasteiger partial charge in [-0.3, -0.25) is 4.79 Å². The van der Waals surface area contributed by atoms with Crippen molar-refractivity contribution in [1.29, 1.82) is 0 Å². The number of benzene rings is 2. The lowest BCUT2D eigenvalue weighted by atomic mass is 10.1. The number of ether oxygens (including phenoxy) is 1. The molecule has 148 valence electrons. The molecule has 1 heterocycles. The zero-order chi connectivity index (χ0) is 20.3. The average Bonchev–Trinajstić information content (AvgIpc) is 3.22. The number of hydrogen-bond acceptors (Lipinski definition) is 5. The molecule has 0 radical (unpaired) electrons. The predicted octanol–water partition coefficient (Wildman–Crippen LogP) is 3.30. The molecule has 6 nitrogen and oxygen atoms in total. The molecule has 0 aliphatic carbocycles. The third-order valence-corrected chi connectivity index (χ3v) is 6.61. The molecule has 28 heavy (non-hydrogen) atoms. The van der Waals surface area contributed by atoms with E-state index in [4.69, 9.17) is 16.3 Å². The molecule has 0 aromatic heterocycles. The highest BCUT2D eigenvalue weighted by molar-refractivity contribution is 7.89. The number of hydrogen-bond donors (Lipinski definition) is 0. The molecule has 0 spiro atoms. The molecule has 1 saturated heterocycles. The van der Waals surface area contributed by atoms with Crippen molar-refractivity contribution < 1.29 is 27.1 Å². The summed E-state index contributed by atoms with van der Waals surface area (Å²) in [6, 6.07) is 9.14. The summed E-state index contributed by atoms with van der Waals surface area (Å²) in [7, 11) is -3.57. The Kier molecular flexibility index (Phi) is 6.12. The van der Waals surface area contributed by atoms with Crippen LogP contribution in [0.3, 0.4) is 0 Å². The van der Waals surface area contributed by atoms with Crippen LogP contribution < -0.4 is 0 Å². The van der Waals surface area contributed by atoms with Gasteiger partial charge >= 0.3 is 5.97 Å². The molecule has 0 unspecified atom stereocenters. The number of carbonyl (C=O) groups excluding carboxylic acids is 2. The molecule has 0 bridgehead atoms. The van der Waals surface area contributed by atoms with Crippen LogP contribution >= 0.6 is 11.6 Å². The van der Waals surface area contributed by atoms with E-state index in [0.717, 1.165) is 18.9 Å². The fraction of sp³-hybridized carbons (Fsp3) is 0.263. The van der Waals surface area contributed by atoms with Gasteiger partial charge in [-0.1, -0.05) is 17.7 Å². The van der Waals surface area contributed by atoms with E-state index in [-0.39, 0.29) is 15.5 Å². The maximum atomic E-state index is 13.7. The van der Waals surface area contributed by atoms with Crippen LogP contribution in [-0.4, -0.2) is 44.2 Å². The maximum absolute atomic E-state index is 13.7. The number of ketones is 1. The lowest BCUT2D eigenvalue weighted by Crippen LogP contribution is -2.27. The van der Waals surface area contributed by atoms with Gasteiger partial charge in [-0.2, -0.15) is 4.31 Å². The number of sulfonamides is 1. The molecule has 2 aromatic rings. The van der Waals surface area contributed by atoms with Gasteiger partial charge in [0.1, 0.15) is 11.4 Å². The molecule has 0 amide bonds. The highest BCUT2D eigenvalue weighted by atomic mass is 35.5. The quantitative estimate of drug-likeness (QED) is 0.524. The Balaban J connectivity index is 1.66. The van der Waals surface area contributed by atoms with E-state index >= 15 is 0 Å². The normalized spacial score (nSPS) is 14.8. The van der Waals surface area contributed by atoms with Crippen LogP contribution in [0, 0.1) is 5.82 Å². The van der Waals surface area contributed by atoms with Crippen molar-refractivity contribution in [3.8, 4) is 0 Å². The van der Waals surface area contributed by atoms with E-state index in [1.165, 1.54) is 40.7 Å².